The van der Waals surface area contributed by atoms with Crippen LogP contribution in [0.1, 0.15) is 30.2 Å². The molecule has 0 spiro atoms. The maximum atomic E-state index is 13.3. The van der Waals surface area contributed by atoms with Crippen LogP contribution in [0, 0.1) is 0 Å². The van der Waals surface area contributed by atoms with Crippen LogP contribution in [-0.4, -0.2) is 27.8 Å². The number of nitrogens with zero attached hydrogens (tertiary/aromatic N) is 2. The number of hydrogen-bond donors (Lipinski definition) is 1. The number of ether oxygens (including phenoxy) is 1. The van der Waals surface area contributed by atoms with Gasteiger partial charge in [0.1, 0.15) is 10.6 Å². The summed E-state index contributed by atoms with van der Waals surface area (Å²) in [6.45, 7) is 5.96. The van der Waals surface area contributed by atoms with Crippen LogP contribution in [0.15, 0.2) is 46.9 Å². The number of thiophene rings is 1. The Morgan fingerprint density at radius 3 is 2.94 bits per heavy atom. The lowest BCUT2D eigenvalue weighted by molar-refractivity contribution is -0.115. The molecule has 0 aliphatic heterocycles. The molecule has 1 aromatic carbocycles. The number of fused-ring (bicyclic) bond motifs is 3. The number of methoxy groups -OCH3 is 1. The lowest BCUT2D eigenvalue weighted by Gasteiger charge is -2.16. The van der Waals surface area contributed by atoms with E-state index in [2.05, 4.69) is 11.9 Å². The number of hydrogen-bond acceptors (Lipinski definition) is 6. The minimum absolute atomic E-state index is 0.0378. The highest BCUT2D eigenvalue weighted by Gasteiger charge is 2.24. The van der Waals surface area contributed by atoms with Crippen LogP contribution in [0.5, 0.6) is 5.75 Å². The number of carbonyl (C=O) groups is 1. The number of carbonyl (C=O) groups excluding carboxylic acids is 1. The van der Waals surface area contributed by atoms with Gasteiger partial charge in [-0.2, -0.15) is 0 Å². The Hall–Kier alpha value is -2.58. The summed E-state index contributed by atoms with van der Waals surface area (Å²) < 4.78 is 6.94. The Bertz CT molecular complexity index is 1200. The van der Waals surface area contributed by atoms with Crippen molar-refractivity contribution in [2.24, 2.45) is 0 Å². The van der Waals surface area contributed by atoms with Crippen molar-refractivity contribution in [3.8, 4) is 5.75 Å². The van der Waals surface area contributed by atoms with Gasteiger partial charge >= 0.3 is 0 Å². The quantitative estimate of drug-likeness (QED) is 0.319. The maximum absolute atomic E-state index is 13.3. The van der Waals surface area contributed by atoms with E-state index in [4.69, 9.17) is 9.72 Å². The van der Waals surface area contributed by atoms with Crippen molar-refractivity contribution >= 4 is 44.9 Å². The van der Waals surface area contributed by atoms with E-state index in [0.717, 1.165) is 35.9 Å². The molecule has 6 nitrogen and oxygen atoms in total. The minimum Gasteiger partial charge on any atom is -0.495 e. The van der Waals surface area contributed by atoms with Crippen molar-refractivity contribution in [2.45, 2.75) is 49.6 Å². The second-order valence-corrected chi connectivity index (χ2v) is 9.83. The van der Waals surface area contributed by atoms with Gasteiger partial charge in [-0.25, -0.2) is 4.98 Å². The zero-order valence-electron chi connectivity index (χ0n) is 17.6. The van der Waals surface area contributed by atoms with Crippen LogP contribution >= 0.6 is 23.1 Å². The SMILES string of the molecule is C=CCn1c(SC(C)C(=O)Nc2ccccc2OC)nc2sc3c(c2c1=O)CCCC3. The largest absolute Gasteiger partial charge is 0.495 e. The summed E-state index contributed by atoms with van der Waals surface area (Å²) in [5, 5.41) is 3.74. The summed E-state index contributed by atoms with van der Waals surface area (Å²) in [7, 11) is 1.57. The van der Waals surface area contributed by atoms with E-state index in [1.165, 1.54) is 22.2 Å². The normalized spacial score (nSPS) is 14.1. The van der Waals surface area contributed by atoms with Crippen molar-refractivity contribution < 1.29 is 9.53 Å². The molecule has 31 heavy (non-hydrogen) atoms. The van der Waals surface area contributed by atoms with Crippen molar-refractivity contribution in [3.63, 3.8) is 0 Å². The molecule has 3 aromatic rings. The number of amides is 1. The summed E-state index contributed by atoms with van der Waals surface area (Å²) in [6, 6.07) is 7.28. The Kier molecular flexibility index (Phi) is 6.48. The number of benzene rings is 1. The topological polar surface area (TPSA) is 73.2 Å². The number of para-hydroxylation sites is 2. The van der Waals surface area contributed by atoms with Crippen LogP contribution in [-0.2, 0) is 24.2 Å². The Labute approximate surface area is 189 Å². The molecule has 1 N–H and O–H groups in total. The molecule has 1 aliphatic rings. The van der Waals surface area contributed by atoms with Crippen LogP contribution < -0.4 is 15.6 Å². The number of anilines is 1. The van der Waals surface area contributed by atoms with E-state index < -0.39 is 5.25 Å². The molecule has 4 rings (SSSR count). The third kappa shape index (κ3) is 4.27. The Morgan fingerprint density at radius 1 is 1.39 bits per heavy atom. The molecule has 162 valence electrons. The van der Waals surface area contributed by atoms with Gasteiger partial charge in [-0.1, -0.05) is 30.0 Å². The Balaban J connectivity index is 1.65. The first kappa shape index (κ1) is 21.6. The highest BCUT2D eigenvalue weighted by Crippen LogP contribution is 2.35. The predicted octanol–water partition coefficient (Wildman–Crippen LogP) is 4.65. The van der Waals surface area contributed by atoms with E-state index in [0.29, 0.717) is 23.1 Å². The first-order valence-corrected chi connectivity index (χ1v) is 12.0. The van der Waals surface area contributed by atoms with Gasteiger partial charge in [0, 0.05) is 11.4 Å². The molecule has 1 atom stereocenters. The predicted molar refractivity (Wildman–Crippen MR) is 128 cm³/mol. The second kappa shape index (κ2) is 9.28. The molecule has 1 amide bonds. The molecule has 0 saturated heterocycles. The maximum Gasteiger partial charge on any atom is 0.263 e. The van der Waals surface area contributed by atoms with Gasteiger partial charge in [-0.15, -0.1) is 17.9 Å². The zero-order chi connectivity index (χ0) is 22.0. The van der Waals surface area contributed by atoms with Crippen molar-refractivity contribution in [1.29, 1.82) is 0 Å². The first-order valence-electron chi connectivity index (χ1n) is 10.3. The number of allylic oxidation sites excluding steroid dienone is 1. The molecule has 1 unspecified atom stereocenters. The van der Waals surface area contributed by atoms with Gasteiger partial charge in [-0.3, -0.25) is 14.2 Å². The Morgan fingerprint density at radius 2 is 2.16 bits per heavy atom. The van der Waals surface area contributed by atoms with E-state index in [1.807, 2.05) is 19.1 Å². The highest BCUT2D eigenvalue weighted by atomic mass is 32.2. The highest BCUT2D eigenvalue weighted by molar-refractivity contribution is 8.00. The van der Waals surface area contributed by atoms with Crippen LogP contribution in [0.4, 0.5) is 5.69 Å². The number of aryl methyl sites for hydroxylation is 2. The average Bonchev–Trinajstić information content (AvgIpc) is 3.15. The lowest BCUT2D eigenvalue weighted by atomic mass is 9.97. The molecule has 0 fully saturated rings. The van der Waals surface area contributed by atoms with Gasteiger partial charge < -0.3 is 10.1 Å². The fraction of sp³-hybridized carbons (Fsp3) is 0.348. The number of thioether (sulfide) groups is 1. The van der Waals surface area contributed by atoms with E-state index in [1.54, 1.807) is 41.2 Å². The number of nitrogens with one attached hydrogen (secondary N) is 1. The third-order valence-electron chi connectivity index (χ3n) is 5.37. The summed E-state index contributed by atoms with van der Waals surface area (Å²) in [6.07, 6.45) is 5.90. The molecule has 2 heterocycles. The molecule has 1 aliphatic carbocycles. The number of aromatic nitrogens is 2. The third-order valence-corrected chi connectivity index (χ3v) is 7.64. The van der Waals surface area contributed by atoms with Gasteiger partial charge in [0.25, 0.3) is 5.56 Å². The molecule has 0 bridgehead atoms. The van der Waals surface area contributed by atoms with Crippen molar-refractivity contribution in [2.75, 3.05) is 12.4 Å². The van der Waals surface area contributed by atoms with Crippen molar-refractivity contribution in [1.82, 2.24) is 9.55 Å². The van der Waals surface area contributed by atoms with Crippen molar-refractivity contribution in [3.05, 3.63) is 57.7 Å². The monoisotopic (exact) mass is 455 g/mol. The lowest BCUT2D eigenvalue weighted by Crippen LogP contribution is -2.27. The summed E-state index contributed by atoms with van der Waals surface area (Å²) in [4.78, 5) is 33.1. The van der Waals surface area contributed by atoms with E-state index in [-0.39, 0.29) is 11.5 Å². The van der Waals surface area contributed by atoms with Gasteiger partial charge in [-0.05, 0) is 50.3 Å². The first-order chi connectivity index (χ1) is 15.0. The van der Waals surface area contributed by atoms with Gasteiger partial charge in [0.2, 0.25) is 5.91 Å². The minimum atomic E-state index is -0.458. The standard InChI is InChI=1S/C23H25N3O3S2/c1-4-13-26-22(28)19-15-9-5-8-12-18(15)31-21(19)25-23(26)30-14(2)20(27)24-16-10-6-7-11-17(16)29-3/h4,6-7,10-11,14H,1,5,8-9,12-13H2,2-3H3,(H,24,27). The van der Waals surface area contributed by atoms with E-state index in [9.17, 15) is 9.59 Å². The zero-order valence-corrected chi connectivity index (χ0v) is 19.3. The average molecular weight is 456 g/mol. The number of rotatable bonds is 7. The fourth-order valence-corrected chi connectivity index (χ4v) is 6.01. The van der Waals surface area contributed by atoms with Crippen LogP contribution in [0.3, 0.4) is 0 Å². The molecular formula is C23H25N3O3S2. The molecular weight excluding hydrogens is 430 g/mol. The van der Waals surface area contributed by atoms with Crippen LogP contribution in [0.25, 0.3) is 10.2 Å². The summed E-state index contributed by atoms with van der Waals surface area (Å²) in [5.74, 6) is 0.416. The summed E-state index contributed by atoms with van der Waals surface area (Å²) >= 11 is 2.90. The second-order valence-electron chi connectivity index (χ2n) is 7.44. The van der Waals surface area contributed by atoms with Crippen LogP contribution in [0.2, 0.25) is 0 Å². The molecule has 0 saturated carbocycles. The fourth-order valence-electron chi connectivity index (χ4n) is 3.79. The molecule has 0 radical (unpaired) electrons. The van der Waals surface area contributed by atoms with E-state index >= 15 is 0 Å². The van der Waals surface area contributed by atoms with Gasteiger partial charge in [0.05, 0.1) is 23.4 Å². The summed E-state index contributed by atoms with van der Waals surface area (Å²) in [5.41, 5.74) is 1.74. The molecule has 8 heteroatoms. The van der Waals surface area contributed by atoms with Gasteiger partial charge in [0.15, 0.2) is 5.16 Å². The smallest absolute Gasteiger partial charge is 0.263 e. The molecule has 2 aromatic heterocycles.